The Labute approximate surface area is 174 Å². The SMILES string of the molecule is N#Cc1c(C#N)c(C#N)c2c(c1C#N)C(=C=N)c1c(C#N)c(C#N)c(C#N)c(C#N)c1-2. The van der Waals surface area contributed by atoms with Gasteiger partial charge in [0.05, 0.1) is 50.1 Å². The topological polar surface area (TPSA) is 214 Å². The Morgan fingerprint density at radius 3 is 0.774 bits per heavy atom. The summed E-state index contributed by atoms with van der Waals surface area (Å²) in [5.74, 6) is 2.07. The summed E-state index contributed by atoms with van der Waals surface area (Å²) in [5, 5.41) is 84.9. The average molecular weight is 391 g/mol. The first-order valence-electron chi connectivity index (χ1n) is 8.04. The van der Waals surface area contributed by atoms with E-state index < -0.39 is 22.3 Å². The van der Waals surface area contributed by atoms with Crippen LogP contribution in [0.5, 0.6) is 0 Å². The predicted octanol–water partition coefficient (Wildman–Crippen LogP) is 2.32. The van der Waals surface area contributed by atoms with Crippen LogP contribution in [-0.4, -0.2) is 5.87 Å². The Morgan fingerprint density at radius 1 is 0.355 bits per heavy atom. The maximum atomic E-state index is 9.76. The van der Waals surface area contributed by atoms with E-state index in [-0.39, 0.29) is 50.1 Å². The summed E-state index contributed by atoms with van der Waals surface area (Å²) in [7, 11) is 0. The Kier molecular flexibility index (Phi) is 4.47. The molecule has 0 amide bonds. The van der Waals surface area contributed by atoms with Crippen molar-refractivity contribution in [2.24, 2.45) is 0 Å². The van der Waals surface area contributed by atoms with Crippen LogP contribution in [-0.2, 0) is 0 Å². The van der Waals surface area contributed by atoms with Crippen molar-refractivity contribution in [3.8, 4) is 59.7 Å². The summed E-state index contributed by atoms with van der Waals surface area (Å²) in [6.07, 6.45) is 0. The highest BCUT2D eigenvalue weighted by Crippen LogP contribution is 2.52. The molecule has 0 unspecified atom stereocenters. The van der Waals surface area contributed by atoms with Crippen LogP contribution in [0.1, 0.15) is 55.6 Å². The predicted molar refractivity (Wildman–Crippen MR) is 99.8 cm³/mol. The third-order valence-electron chi connectivity index (χ3n) is 4.77. The highest BCUT2D eigenvalue weighted by atomic mass is 14.5. The van der Waals surface area contributed by atoms with Gasteiger partial charge in [-0.1, -0.05) is 0 Å². The summed E-state index contributed by atoms with van der Waals surface area (Å²) in [5.41, 5.74) is -3.76. The van der Waals surface area contributed by atoms with E-state index in [9.17, 15) is 42.1 Å². The molecule has 0 saturated carbocycles. The smallest absolute Gasteiger partial charge is 0.102 e. The second-order valence-corrected chi connectivity index (χ2v) is 5.89. The molecule has 0 heterocycles. The van der Waals surface area contributed by atoms with Gasteiger partial charge in [0.1, 0.15) is 48.6 Å². The molecule has 1 aliphatic rings. The van der Waals surface area contributed by atoms with Crippen molar-refractivity contribution in [1.82, 2.24) is 0 Å². The first-order valence-corrected chi connectivity index (χ1v) is 8.04. The number of hydrogen-bond acceptors (Lipinski definition) is 9. The number of nitrogens with zero attached hydrogens (tertiary/aromatic N) is 8. The Bertz CT molecular complexity index is 1540. The van der Waals surface area contributed by atoms with Crippen molar-refractivity contribution in [2.75, 3.05) is 0 Å². The van der Waals surface area contributed by atoms with Gasteiger partial charge in [-0.25, -0.2) is 0 Å². The molecule has 0 aromatic heterocycles. The molecular weight excluding hydrogens is 390 g/mol. The van der Waals surface area contributed by atoms with Gasteiger partial charge in [0, 0.05) is 22.3 Å². The number of nitriles is 8. The fourth-order valence-corrected chi connectivity index (χ4v) is 3.64. The van der Waals surface area contributed by atoms with Crippen LogP contribution in [0.4, 0.5) is 0 Å². The average Bonchev–Trinajstić information content (AvgIpc) is 3.14. The lowest BCUT2D eigenvalue weighted by atomic mass is 9.85. The Hall–Kier alpha value is -6.19. The number of fused-ring (bicyclic) bond motifs is 3. The Balaban J connectivity index is 2.90. The third-order valence-corrected chi connectivity index (χ3v) is 4.77. The van der Waals surface area contributed by atoms with Crippen LogP contribution in [0, 0.1) is 96.1 Å². The monoisotopic (exact) mass is 391 g/mol. The molecule has 0 atom stereocenters. The van der Waals surface area contributed by atoms with Crippen molar-refractivity contribution in [3.05, 3.63) is 55.6 Å². The first-order chi connectivity index (χ1) is 15.0. The van der Waals surface area contributed by atoms with Crippen LogP contribution in [0.25, 0.3) is 16.7 Å². The van der Waals surface area contributed by atoms with Crippen molar-refractivity contribution in [1.29, 1.82) is 47.5 Å². The normalized spacial score (nSPS) is 9.61. The van der Waals surface area contributed by atoms with E-state index in [1.54, 1.807) is 48.6 Å². The molecule has 0 radical (unpaired) electrons. The van der Waals surface area contributed by atoms with Crippen molar-refractivity contribution >= 4 is 11.4 Å². The molecule has 31 heavy (non-hydrogen) atoms. The zero-order chi connectivity index (χ0) is 22.9. The number of rotatable bonds is 0. The molecule has 9 heteroatoms. The first kappa shape index (κ1) is 19.6. The van der Waals surface area contributed by atoms with Crippen LogP contribution >= 0.6 is 0 Å². The zero-order valence-corrected chi connectivity index (χ0v) is 15.1. The molecule has 0 fully saturated rings. The van der Waals surface area contributed by atoms with Crippen LogP contribution in [0.2, 0.25) is 0 Å². The molecule has 134 valence electrons. The van der Waals surface area contributed by atoms with Crippen molar-refractivity contribution in [3.63, 3.8) is 0 Å². The quantitative estimate of drug-likeness (QED) is 0.559. The molecule has 3 rings (SSSR count). The van der Waals surface area contributed by atoms with Gasteiger partial charge in [0.25, 0.3) is 0 Å². The van der Waals surface area contributed by atoms with Gasteiger partial charge in [-0.2, -0.15) is 42.1 Å². The van der Waals surface area contributed by atoms with E-state index in [1.165, 1.54) is 0 Å². The van der Waals surface area contributed by atoms with Crippen LogP contribution in [0.3, 0.4) is 0 Å². The summed E-state index contributed by atoms with van der Waals surface area (Å²) < 4.78 is 0. The van der Waals surface area contributed by atoms with E-state index in [1.807, 2.05) is 0 Å². The van der Waals surface area contributed by atoms with E-state index >= 15 is 0 Å². The highest BCUT2D eigenvalue weighted by Gasteiger charge is 2.40. The van der Waals surface area contributed by atoms with Gasteiger partial charge in [-0.3, -0.25) is 5.41 Å². The lowest BCUT2D eigenvalue weighted by Gasteiger charge is -2.12. The molecule has 2 aromatic carbocycles. The van der Waals surface area contributed by atoms with Crippen molar-refractivity contribution in [2.45, 2.75) is 0 Å². The summed E-state index contributed by atoms with van der Waals surface area (Å²) >= 11 is 0. The maximum Gasteiger partial charge on any atom is 0.102 e. The van der Waals surface area contributed by atoms with Crippen LogP contribution < -0.4 is 0 Å². The van der Waals surface area contributed by atoms with E-state index in [2.05, 4.69) is 5.87 Å². The molecule has 2 aromatic rings. The zero-order valence-electron chi connectivity index (χ0n) is 15.1. The number of nitrogens with one attached hydrogen (secondary N) is 1. The lowest BCUT2D eigenvalue weighted by molar-refractivity contribution is 1.35. The molecule has 1 N–H and O–H groups in total. The second-order valence-electron chi connectivity index (χ2n) is 5.89. The summed E-state index contributed by atoms with van der Waals surface area (Å²) in [6, 6.07) is 14.0. The van der Waals surface area contributed by atoms with Crippen molar-refractivity contribution < 1.29 is 0 Å². The largest absolute Gasteiger partial charge is 0.258 e. The minimum absolute atomic E-state index is 0.131. The maximum absolute atomic E-state index is 9.76. The lowest BCUT2D eigenvalue weighted by Crippen LogP contribution is -2.03. The van der Waals surface area contributed by atoms with E-state index in [0.29, 0.717) is 0 Å². The standard InChI is InChI=1S/C22HN9/c23-1-10-12(3-25)16(7-29)21-19(14(10)5-27)18(9-31)20-15(6-28)11(2-24)13(4-26)17(8-30)22(20)21/h31H. The fourth-order valence-electron chi connectivity index (χ4n) is 3.64. The third kappa shape index (κ3) is 2.20. The minimum atomic E-state index is -0.414. The highest BCUT2D eigenvalue weighted by molar-refractivity contribution is 6.16. The molecule has 0 aliphatic heterocycles. The molecule has 1 aliphatic carbocycles. The van der Waals surface area contributed by atoms with Gasteiger partial charge in [0.15, 0.2) is 0 Å². The summed E-state index contributed by atoms with van der Waals surface area (Å²) in [6.45, 7) is 0. The van der Waals surface area contributed by atoms with Crippen LogP contribution in [0.15, 0.2) is 0 Å². The van der Waals surface area contributed by atoms with E-state index in [4.69, 9.17) is 5.41 Å². The van der Waals surface area contributed by atoms with Gasteiger partial charge >= 0.3 is 0 Å². The number of hydrogen-bond donors (Lipinski definition) is 1. The van der Waals surface area contributed by atoms with Gasteiger partial charge in [-0.15, -0.1) is 0 Å². The molecule has 0 bridgehead atoms. The van der Waals surface area contributed by atoms with E-state index in [0.717, 1.165) is 0 Å². The van der Waals surface area contributed by atoms with Gasteiger partial charge in [-0.05, 0) is 5.87 Å². The molecular formula is C22HN9. The molecule has 9 nitrogen and oxygen atoms in total. The van der Waals surface area contributed by atoms with Gasteiger partial charge in [0.2, 0.25) is 0 Å². The minimum Gasteiger partial charge on any atom is -0.258 e. The summed E-state index contributed by atoms with van der Waals surface area (Å²) in [4.78, 5) is 0. The molecule has 0 spiro atoms. The fraction of sp³-hybridized carbons (Fsp3) is 0. The molecule has 0 saturated heterocycles. The van der Waals surface area contributed by atoms with Gasteiger partial charge < -0.3 is 0 Å². The Morgan fingerprint density at radius 2 is 0.581 bits per heavy atom. The second kappa shape index (κ2) is 7.09. The number of benzene rings is 2.